The summed E-state index contributed by atoms with van der Waals surface area (Å²) in [7, 11) is 0. The molecule has 4 heteroatoms. The lowest BCUT2D eigenvalue weighted by molar-refractivity contribution is -0.125. The Morgan fingerprint density at radius 1 is 1.13 bits per heavy atom. The van der Waals surface area contributed by atoms with E-state index < -0.39 is 0 Å². The lowest BCUT2D eigenvalue weighted by atomic mass is 9.88. The van der Waals surface area contributed by atoms with E-state index in [1.165, 1.54) is 23.3 Å². The van der Waals surface area contributed by atoms with E-state index in [2.05, 4.69) is 41.8 Å². The van der Waals surface area contributed by atoms with Gasteiger partial charge in [-0.2, -0.15) is 0 Å². The standard InChI is InChI=1S/C19H21FN2O/c1-13-2-6-15(7-3-13)17-11-21-12-18(17)19(23)22-10-14-4-8-16(20)9-5-14/h2-9,17-18,21H,10-12H2,1H3,(H,22,23). The predicted molar refractivity (Wildman–Crippen MR) is 88.5 cm³/mol. The van der Waals surface area contributed by atoms with Crippen molar-refractivity contribution in [1.82, 2.24) is 10.6 Å². The fraction of sp³-hybridized carbons (Fsp3) is 0.316. The van der Waals surface area contributed by atoms with Gasteiger partial charge in [-0.05, 0) is 30.2 Å². The van der Waals surface area contributed by atoms with Crippen molar-refractivity contribution in [2.45, 2.75) is 19.4 Å². The lowest BCUT2D eigenvalue weighted by Gasteiger charge is -2.19. The first kappa shape index (κ1) is 15.7. The number of halogens is 1. The van der Waals surface area contributed by atoms with E-state index in [9.17, 15) is 9.18 Å². The van der Waals surface area contributed by atoms with E-state index in [0.717, 1.165) is 12.1 Å². The largest absolute Gasteiger partial charge is 0.352 e. The molecule has 2 unspecified atom stereocenters. The highest BCUT2D eigenvalue weighted by Gasteiger charge is 2.33. The number of hydrogen-bond donors (Lipinski definition) is 2. The van der Waals surface area contributed by atoms with Crippen LogP contribution in [0.5, 0.6) is 0 Å². The molecule has 2 aromatic rings. The zero-order valence-corrected chi connectivity index (χ0v) is 13.2. The fourth-order valence-electron chi connectivity index (χ4n) is 3.04. The van der Waals surface area contributed by atoms with Crippen LogP contribution in [0.1, 0.15) is 22.6 Å². The zero-order valence-electron chi connectivity index (χ0n) is 13.2. The number of nitrogens with one attached hydrogen (secondary N) is 2. The van der Waals surface area contributed by atoms with Gasteiger partial charge in [-0.1, -0.05) is 42.0 Å². The first-order chi connectivity index (χ1) is 11.1. The fourth-order valence-corrected chi connectivity index (χ4v) is 3.04. The zero-order chi connectivity index (χ0) is 16.2. The molecule has 1 aliphatic heterocycles. The summed E-state index contributed by atoms with van der Waals surface area (Å²) in [5.41, 5.74) is 3.32. The summed E-state index contributed by atoms with van der Waals surface area (Å²) in [6.07, 6.45) is 0. The van der Waals surface area contributed by atoms with Gasteiger partial charge in [0.15, 0.2) is 0 Å². The second-order valence-corrected chi connectivity index (χ2v) is 6.13. The van der Waals surface area contributed by atoms with Gasteiger partial charge in [0.25, 0.3) is 0 Å². The molecular formula is C19H21FN2O. The van der Waals surface area contributed by atoms with Gasteiger partial charge in [0.1, 0.15) is 5.82 Å². The highest BCUT2D eigenvalue weighted by atomic mass is 19.1. The molecule has 23 heavy (non-hydrogen) atoms. The number of carbonyl (C=O) groups is 1. The summed E-state index contributed by atoms with van der Waals surface area (Å²) in [6.45, 7) is 3.99. The van der Waals surface area contributed by atoms with Crippen molar-refractivity contribution in [3.63, 3.8) is 0 Å². The topological polar surface area (TPSA) is 41.1 Å². The van der Waals surface area contributed by atoms with Crippen molar-refractivity contribution in [3.8, 4) is 0 Å². The average Bonchev–Trinajstić information content (AvgIpc) is 3.04. The molecule has 2 N–H and O–H groups in total. The van der Waals surface area contributed by atoms with Crippen molar-refractivity contribution < 1.29 is 9.18 Å². The van der Waals surface area contributed by atoms with E-state index in [0.29, 0.717) is 13.1 Å². The smallest absolute Gasteiger partial charge is 0.225 e. The van der Waals surface area contributed by atoms with Crippen LogP contribution in [0.4, 0.5) is 4.39 Å². The molecule has 1 saturated heterocycles. The van der Waals surface area contributed by atoms with Crippen molar-refractivity contribution in [2.75, 3.05) is 13.1 Å². The SMILES string of the molecule is Cc1ccc(C2CNCC2C(=O)NCc2ccc(F)cc2)cc1. The highest BCUT2D eigenvalue weighted by molar-refractivity contribution is 5.80. The third-order valence-corrected chi connectivity index (χ3v) is 4.44. The Bertz CT molecular complexity index is 667. The van der Waals surface area contributed by atoms with Crippen LogP contribution < -0.4 is 10.6 Å². The van der Waals surface area contributed by atoms with Crippen LogP contribution in [-0.2, 0) is 11.3 Å². The van der Waals surface area contributed by atoms with Crippen LogP contribution >= 0.6 is 0 Å². The van der Waals surface area contributed by atoms with Gasteiger partial charge in [-0.25, -0.2) is 4.39 Å². The minimum Gasteiger partial charge on any atom is -0.352 e. The van der Waals surface area contributed by atoms with Gasteiger partial charge < -0.3 is 10.6 Å². The van der Waals surface area contributed by atoms with Crippen LogP contribution in [0.15, 0.2) is 48.5 Å². The molecular weight excluding hydrogens is 291 g/mol. The van der Waals surface area contributed by atoms with Gasteiger partial charge >= 0.3 is 0 Å². The van der Waals surface area contributed by atoms with Gasteiger partial charge in [0.2, 0.25) is 5.91 Å². The maximum atomic E-state index is 12.9. The third-order valence-electron chi connectivity index (χ3n) is 4.44. The first-order valence-electron chi connectivity index (χ1n) is 7.93. The molecule has 0 saturated carbocycles. The quantitative estimate of drug-likeness (QED) is 0.911. The van der Waals surface area contributed by atoms with Crippen molar-refractivity contribution in [2.24, 2.45) is 5.92 Å². The van der Waals surface area contributed by atoms with E-state index >= 15 is 0 Å². The summed E-state index contributed by atoms with van der Waals surface area (Å²) in [6, 6.07) is 14.6. The minimum absolute atomic E-state index is 0.0462. The Morgan fingerprint density at radius 3 is 2.52 bits per heavy atom. The monoisotopic (exact) mass is 312 g/mol. The van der Waals surface area contributed by atoms with Crippen molar-refractivity contribution in [3.05, 3.63) is 71.0 Å². The van der Waals surface area contributed by atoms with Gasteiger partial charge in [-0.15, -0.1) is 0 Å². The van der Waals surface area contributed by atoms with E-state index in [1.54, 1.807) is 12.1 Å². The molecule has 120 valence electrons. The summed E-state index contributed by atoms with van der Waals surface area (Å²) in [4.78, 5) is 12.5. The number of amides is 1. The second-order valence-electron chi connectivity index (χ2n) is 6.13. The van der Waals surface area contributed by atoms with Crippen LogP contribution in [-0.4, -0.2) is 19.0 Å². The van der Waals surface area contributed by atoms with E-state index in [1.807, 2.05) is 0 Å². The lowest BCUT2D eigenvalue weighted by Crippen LogP contribution is -2.34. The van der Waals surface area contributed by atoms with Crippen LogP contribution in [0.2, 0.25) is 0 Å². The molecule has 0 bridgehead atoms. The van der Waals surface area contributed by atoms with E-state index in [-0.39, 0.29) is 23.6 Å². The van der Waals surface area contributed by atoms with Gasteiger partial charge in [0, 0.05) is 25.6 Å². The first-order valence-corrected chi connectivity index (χ1v) is 7.93. The average molecular weight is 312 g/mol. The molecule has 1 aliphatic rings. The summed E-state index contributed by atoms with van der Waals surface area (Å²) in [5, 5.41) is 6.28. The molecule has 1 fully saturated rings. The molecule has 1 heterocycles. The van der Waals surface area contributed by atoms with Crippen LogP contribution in [0, 0.1) is 18.7 Å². The number of carbonyl (C=O) groups excluding carboxylic acids is 1. The molecule has 0 radical (unpaired) electrons. The molecule has 0 aliphatic carbocycles. The maximum absolute atomic E-state index is 12.9. The Labute approximate surface area is 135 Å². The molecule has 0 spiro atoms. The summed E-state index contributed by atoms with van der Waals surface area (Å²) < 4.78 is 12.9. The minimum atomic E-state index is -0.264. The molecule has 0 aromatic heterocycles. The van der Waals surface area contributed by atoms with Crippen LogP contribution in [0.25, 0.3) is 0 Å². The Morgan fingerprint density at radius 2 is 1.83 bits per heavy atom. The summed E-state index contributed by atoms with van der Waals surface area (Å²) in [5.74, 6) is -0.0913. The molecule has 1 amide bonds. The maximum Gasteiger partial charge on any atom is 0.225 e. The third kappa shape index (κ3) is 3.77. The molecule has 2 atom stereocenters. The number of hydrogen-bond acceptors (Lipinski definition) is 2. The highest BCUT2D eigenvalue weighted by Crippen LogP contribution is 2.28. The van der Waals surface area contributed by atoms with Crippen molar-refractivity contribution >= 4 is 5.91 Å². The number of rotatable bonds is 4. The second kappa shape index (κ2) is 6.92. The van der Waals surface area contributed by atoms with Crippen molar-refractivity contribution in [1.29, 1.82) is 0 Å². The van der Waals surface area contributed by atoms with E-state index in [4.69, 9.17) is 0 Å². The van der Waals surface area contributed by atoms with Gasteiger partial charge in [0.05, 0.1) is 5.92 Å². The predicted octanol–water partition coefficient (Wildman–Crippen LogP) is 2.75. The van der Waals surface area contributed by atoms with Gasteiger partial charge in [-0.3, -0.25) is 4.79 Å². The molecule has 3 nitrogen and oxygen atoms in total. The molecule has 3 rings (SSSR count). The number of benzene rings is 2. The Kier molecular flexibility index (Phi) is 4.72. The molecule has 2 aromatic carbocycles. The number of aryl methyl sites for hydroxylation is 1. The summed E-state index contributed by atoms with van der Waals surface area (Å²) >= 11 is 0. The van der Waals surface area contributed by atoms with Crippen LogP contribution in [0.3, 0.4) is 0 Å². The Balaban J connectivity index is 1.63. The Hall–Kier alpha value is -2.20. The normalized spacial score (nSPS) is 20.4.